The Bertz CT molecular complexity index is 807. The summed E-state index contributed by atoms with van der Waals surface area (Å²) in [6, 6.07) is 3.30. The van der Waals surface area contributed by atoms with Crippen molar-refractivity contribution in [2.24, 2.45) is 0 Å². The standard InChI is InChI=1S/C15H15ClFN3S/c1-8-4-14-13(5-12(8)17)19-15(9(2)16)20(14)7-11-6-18-10(3)21-11/h4-6,9H,7H2,1-3H3. The Labute approximate surface area is 131 Å². The van der Waals surface area contributed by atoms with Crippen LogP contribution in [0.4, 0.5) is 4.39 Å². The molecule has 3 nitrogen and oxygen atoms in total. The van der Waals surface area contributed by atoms with Gasteiger partial charge >= 0.3 is 0 Å². The van der Waals surface area contributed by atoms with E-state index >= 15 is 0 Å². The molecule has 0 amide bonds. The van der Waals surface area contributed by atoms with Gasteiger partial charge in [0.25, 0.3) is 0 Å². The van der Waals surface area contributed by atoms with Crippen LogP contribution in [0.1, 0.15) is 33.6 Å². The fraction of sp³-hybridized carbons (Fsp3) is 0.333. The summed E-state index contributed by atoms with van der Waals surface area (Å²) in [5.74, 6) is 0.511. The lowest BCUT2D eigenvalue weighted by atomic mass is 10.2. The van der Waals surface area contributed by atoms with Crippen molar-refractivity contribution in [2.45, 2.75) is 32.7 Å². The maximum Gasteiger partial charge on any atom is 0.128 e. The van der Waals surface area contributed by atoms with Crippen molar-refractivity contribution in [3.8, 4) is 0 Å². The molecule has 0 aliphatic rings. The zero-order chi connectivity index (χ0) is 15.1. The van der Waals surface area contributed by atoms with Gasteiger partial charge in [0.1, 0.15) is 11.6 Å². The van der Waals surface area contributed by atoms with Crippen molar-refractivity contribution in [3.05, 3.63) is 45.4 Å². The molecule has 6 heteroatoms. The summed E-state index contributed by atoms with van der Waals surface area (Å²) in [6.07, 6.45) is 1.87. The lowest BCUT2D eigenvalue weighted by Gasteiger charge is -2.09. The van der Waals surface area contributed by atoms with Gasteiger partial charge < -0.3 is 4.57 Å². The molecule has 21 heavy (non-hydrogen) atoms. The second-order valence-electron chi connectivity index (χ2n) is 5.11. The molecule has 0 bridgehead atoms. The molecule has 0 saturated carbocycles. The molecular weight excluding hydrogens is 309 g/mol. The lowest BCUT2D eigenvalue weighted by molar-refractivity contribution is 0.620. The smallest absolute Gasteiger partial charge is 0.128 e. The Kier molecular flexibility index (Phi) is 3.71. The van der Waals surface area contributed by atoms with E-state index in [1.54, 1.807) is 18.3 Å². The fourth-order valence-corrected chi connectivity index (χ4v) is 3.32. The number of aromatic nitrogens is 3. The van der Waals surface area contributed by atoms with E-state index in [1.165, 1.54) is 6.07 Å². The summed E-state index contributed by atoms with van der Waals surface area (Å²) in [6.45, 7) is 6.26. The fourth-order valence-electron chi connectivity index (χ4n) is 2.37. The van der Waals surface area contributed by atoms with Gasteiger partial charge in [-0.1, -0.05) is 0 Å². The van der Waals surface area contributed by atoms with Gasteiger partial charge in [0.2, 0.25) is 0 Å². The number of hydrogen-bond acceptors (Lipinski definition) is 3. The number of fused-ring (bicyclic) bond motifs is 1. The number of imidazole rings is 1. The topological polar surface area (TPSA) is 30.7 Å². The van der Waals surface area contributed by atoms with E-state index in [9.17, 15) is 4.39 Å². The summed E-state index contributed by atoms with van der Waals surface area (Å²) in [4.78, 5) is 9.90. The minimum Gasteiger partial charge on any atom is -0.321 e. The van der Waals surface area contributed by atoms with Gasteiger partial charge in [0.15, 0.2) is 0 Å². The summed E-state index contributed by atoms with van der Waals surface area (Å²) in [5.41, 5.74) is 2.15. The van der Waals surface area contributed by atoms with E-state index < -0.39 is 0 Å². The average Bonchev–Trinajstić information content (AvgIpc) is 2.96. The average molecular weight is 324 g/mol. The summed E-state index contributed by atoms with van der Waals surface area (Å²) >= 11 is 7.89. The van der Waals surface area contributed by atoms with Gasteiger partial charge in [0, 0.05) is 17.1 Å². The number of nitrogens with zero attached hydrogens (tertiary/aromatic N) is 3. The van der Waals surface area contributed by atoms with Crippen LogP contribution in [0.5, 0.6) is 0 Å². The molecule has 110 valence electrons. The molecule has 3 aromatic rings. The molecular formula is C15H15ClFN3S. The van der Waals surface area contributed by atoms with Crippen LogP contribution in [0.2, 0.25) is 0 Å². The van der Waals surface area contributed by atoms with Crippen LogP contribution in [0.3, 0.4) is 0 Å². The Morgan fingerprint density at radius 2 is 2.14 bits per heavy atom. The monoisotopic (exact) mass is 323 g/mol. The van der Waals surface area contributed by atoms with Crippen molar-refractivity contribution in [2.75, 3.05) is 0 Å². The highest BCUT2D eigenvalue weighted by Crippen LogP contribution is 2.28. The zero-order valence-electron chi connectivity index (χ0n) is 12.0. The first kappa shape index (κ1) is 14.5. The van der Waals surface area contributed by atoms with Gasteiger partial charge in [-0.2, -0.15) is 0 Å². The number of hydrogen-bond donors (Lipinski definition) is 0. The van der Waals surface area contributed by atoms with Crippen LogP contribution in [0.25, 0.3) is 11.0 Å². The zero-order valence-corrected chi connectivity index (χ0v) is 13.6. The van der Waals surface area contributed by atoms with E-state index in [4.69, 9.17) is 11.6 Å². The normalized spacial score (nSPS) is 13.0. The molecule has 1 unspecified atom stereocenters. The molecule has 0 spiro atoms. The minimum absolute atomic E-state index is 0.241. The van der Waals surface area contributed by atoms with Crippen molar-refractivity contribution in [3.63, 3.8) is 0 Å². The quantitative estimate of drug-likeness (QED) is 0.660. The van der Waals surface area contributed by atoms with Crippen molar-refractivity contribution in [1.82, 2.24) is 14.5 Å². The highest BCUT2D eigenvalue weighted by Gasteiger charge is 2.17. The van der Waals surface area contributed by atoms with Crippen LogP contribution in [-0.2, 0) is 6.54 Å². The van der Waals surface area contributed by atoms with E-state index in [1.807, 2.05) is 30.7 Å². The first-order valence-electron chi connectivity index (χ1n) is 6.67. The largest absolute Gasteiger partial charge is 0.321 e. The number of halogens is 2. The van der Waals surface area contributed by atoms with E-state index in [0.717, 1.165) is 21.2 Å². The summed E-state index contributed by atoms with van der Waals surface area (Å²) in [5, 5.41) is 0.784. The second-order valence-corrected chi connectivity index (χ2v) is 7.08. The van der Waals surface area contributed by atoms with Crippen LogP contribution in [0.15, 0.2) is 18.3 Å². The number of aryl methyl sites for hydroxylation is 2. The lowest BCUT2D eigenvalue weighted by Crippen LogP contribution is -2.04. The molecule has 0 fully saturated rings. The highest BCUT2D eigenvalue weighted by atomic mass is 35.5. The maximum atomic E-state index is 13.7. The predicted molar refractivity (Wildman–Crippen MR) is 84.6 cm³/mol. The third kappa shape index (κ3) is 2.68. The number of benzene rings is 1. The Morgan fingerprint density at radius 1 is 1.38 bits per heavy atom. The van der Waals surface area contributed by atoms with Gasteiger partial charge in [-0.05, 0) is 32.4 Å². The molecule has 2 heterocycles. The molecule has 0 aliphatic heterocycles. The number of thiazole rings is 1. The van der Waals surface area contributed by atoms with Crippen LogP contribution >= 0.6 is 22.9 Å². The van der Waals surface area contributed by atoms with Gasteiger partial charge in [-0.15, -0.1) is 22.9 Å². The van der Waals surface area contributed by atoms with Crippen molar-refractivity contribution in [1.29, 1.82) is 0 Å². The first-order chi connectivity index (χ1) is 9.95. The minimum atomic E-state index is -0.241. The van der Waals surface area contributed by atoms with Gasteiger partial charge in [0.05, 0.1) is 28.0 Å². The number of alkyl halides is 1. The molecule has 0 N–H and O–H groups in total. The second kappa shape index (κ2) is 5.39. The molecule has 2 aromatic heterocycles. The number of rotatable bonds is 3. The summed E-state index contributed by atoms with van der Waals surface area (Å²) in [7, 11) is 0. The third-order valence-electron chi connectivity index (χ3n) is 3.40. The Morgan fingerprint density at radius 3 is 2.76 bits per heavy atom. The van der Waals surface area contributed by atoms with Crippen molar-refractivity contribution >= 4 is 34.0 Å². The Hall–Kier alpha value is -1.46. The molecule has 3 rings (SSSR count). The summed E-state index contributed by atoms with van der Waals surface area (Å²) < 4.78 is 15.8. The van der Waals surface area contributed by atoms with Crippen LogP contribution in [0, 0.1) is 19.7 Å². The predicted octanol–water partition coefficient (Wildman–Crippen LogP) is 4.60. The molecule has 0 aliphatic carbocycles. The Balaban J connectivity index is 2.17. The first-order valence-corrected chi connectivity index (χ1v) is 7.92. The van der Waals surface area contributed by atoms with Gasteiger partial charge in [-0.3, -0.25) is 0 Å². The maximum absolute atomic E-state index is 13.7. The van der Waals surface area contributed by atoms with E-state index in [-0.39, 0.29) is 11.2 Å². The van der Waals surface area contributed by atoms with Crippen LogP contribution < -0.4 is 0 Å². The SMILES string of the molecule is Cc1ncc(Cn2c(C(C)Cl)nc3cc(F)c(C)cc32)s1. The molecule has 0 saturated heterocycles. The van der Waals surface area contributed by atoms with E-state index in [0.29, 0.717) is 17.6 Å². The molecule has 1 aromatic carbocycles. The highest BCUT2D eigenvalue weighted by molar-refractivity contribution is 7.11. The van der Waals surface area contributed by atoms with Crippen LogP contribution in [-0.4, -0.2) is 14.5 Å². The van der Waals surface area contributed by atoms with Gasteiger partial charge in [-0.25, -0.2) is 14.4 Å². The van der Waals surface area contributed by atoms with Crippen molar-refractivity contribution < 1.29 is 4.39 Å². The third-order valence-corrected chi connectivity index (χ3v) is 4.49. The van der Waals surface area contributed by atoms with E-state index in [2.05, 4.69) is 9.97 Å². The molecule has 0 radical (unpaired) electrons. The molecule has 1 atom stereocenters.